The maximum atomic E-state index is 11.0. The first-order valence-electron chi connectivity index (χ1n) is 6.05. The number of benzene rings is 1. The summed E-state index contributed by atoms with van der Waals surface area (Å²) in [7, 11) is 1.43. The Morgan fingerprint density at radius 2 is 2.18 bits per heavy atom. The summed E-state index contributed by atoms with van der Waals surface area (Å²) in [5.41, 5.74) is 2.48. The Morgan fingerprint density at radius 3 is 2.76 bits per heavy atom. The van der Waals surface area contributed by atoms with Gasteiger partial charge < -0.3 is 9.64 Å². The second-order valence-electron chi connectivity index (χ2n) is 4.10. The molecule has 0 spiro atoms. The van der Waals surface area contributed by atoms with Crippen LogP contribution in [0.3, 0.4) is 0 Å². The summed E-state index contributed by atoms with van der Waals surface area (Å²) in [5.74, 6) is -0.134. The topological polar surface area (TPSA) is 29.5 Å². The standard InChI is InChI=1S/C14H21NO2/c1-4-15(10-6-9-14(16)17-3)13-8-5-7-12(2)11-13/h5,7-8,11H,4,6,9-10H2,1-3H3. The van der Waals surface area contributed by atoms with Crippen LogP contribution in [-0.2, 0) is 9.53 Å². The van der Waals surface area contributed by atoms with E-state index in [-0.39, 0.29) is 5.97 Å². The number of carbonyl (C=O) groups excluding carboxylic acids is 1. The van der Waals surface area contributed by atoms with Crippen LogP contribution in [0, 0.1) is 6.92 Å². The summed E-state index contributed by atoms with van der Waals surface area (Å²) in [4.78, 5) is 13.3. The summed E-state index contributed by atoms with van der Waals surface area (Å²) in [5, 5.41) is 0. The first-order chi connectivity index (χ1) is 8.17. The van der Waals surface area contributed by atoms with Gasteiger partial charge in [0.2, 0.25) is 0 Å². The van der Waals surface area contributed by atoms with Crippen molar-refractivity contribution < 1.29 is 9.53 Å². The third kappa shape index (κ3) is 4.47. The molecule has 0 radical (unpaired) electrons. The molecular formula is C14H21NO2. The fraction of sp³-hybridized carbons (Fsp3) is 0.500. The summed E-state index contributed by atoms with van der Waals surface area (Å²) in [6.45, 7) is 6.05. The molecule has 0 N–H and O–H groups in total. The van der Waals surface area contributed by atoms with Gasteiger partial charge in [0.25, 0.3) is 0 Å². The molecule has 0 amide bonds. The van der Waals surface area contributed by atoms with Crippen molar-refractivity contribution in [2.24, 2.45) is 0 Å². The van der Waals surface area contributed by atoms with E-state index in [0.29, 0.717) is 6.42 Å². The third-order valence-electron chi connectivity index (χ3n) is 2.79. The highest BCUT2D eigenvalue weighted by Crippen LogP contribution is 2.16. The summed E-state index contributed by atoms with van der Waals surface area (Å²) in [6.07, 6.45) is 1.31. The van der Waals surface area contributed by atoms with Crippen LogP contribution in [-0.4, -0.2) is 26.2 Å². The maximum absolute atomic E-state index is 11.0. The fourth-order valence-electron chi connectivity index (χ4n) is 1.81. The van der Waals surface area contributed by atoms with Gasteiger partial charge in [-0.1, -0.05) is 12.1 Å². The first-order valence-corrected chi connectivity index (χ1v) is 6.05. The number of ether oxygens (including phenoxy) is 1. The zero-order valence-electron chi connectivity index (χ0n) is 10.9. The number of hydrogen-bond acceptors (Lipinski definition) is 3. The monoisotopic (exact) mass is 235 g/mol. The van der Waals surface area contributed by atoms with Gasteiger partial charge in [0, 0.05) is 25.2 Å². The number of carbonyl (C=O) groups is 1. The Balaban J connectivity index is 2.51. The van der Waals surface area contributed by atoms with Gasteiger partial charge in [0.1, 0.15) is 0 Å². The lowest BCUT2D eigenvalue weighted by molar-refractivity contribution is -0.140. The number of hydrogen-bond donors (Lipinski definition) is 0. The number of rotatable bonds is 6. The average Bonchev–Trinajstić information content (AvgIpc) is 2.34. The SMILES string of the molecule is CCN(CCCC(=O)OC)c1cccc(C)c1. The predicted molar refractivity (Wildman–Crippen MR) is 70.3 cm³/mol. The van der Waals surface area contributed by atoms with Crippen molar-refractivity contribution in [1.29, 1.82) is 0 Å². The minimum absolute atomic E-state index is 0.134. The molecule has 0 fully saturated rings. The van der Waals surface area contributed by atoms with Crippen molar-refractivity contribution in [2.75, 3.05) is 25.1 Å². The molecule has 0 heterocycles. The molecule has 0 aliphatic rings. The second-order valence-corrected chi connectivity index (χ2v) is 4.10. The summed E-state index contributed by atoms with van der Waals surface area (Å²) in [6, 6.07) is 8.43. The lowest BCUT2D eigenvalue weighted by atomic mass is 10.2. The molecule has 0 aromatic heterocycles. The van der Waals surface area contributed by atoms with Gasteiger partial charge in [0.15, 0.2) is 0 Å². The molecule has 3 nitrogen and oxygen atoms in total. The normalized spacial score (nSPS) is 10.1. The van der Waals surface area contributed by atoms with Crippen LogP contribution in [0.4, 0.5) is 5.69 Å². The first kappa shape index (κ1) is 13.6. The zero-order chi connectivity index (χ0) is 12.7. The zero-order valence-corrected chi connectivity index (χ0v) is 10.9. The molecule has 1 aromatic carbocycles. The van der Waals surface area contributed by atoms with E-state index in [2.05, 4.69) is 47.7 Å². The minimum Gasteiger partial charge on any atom is -0.469 e. The average molecular weight is 235 g/mol. The van der Waals surface area contributed by atoms with E-state index in [4.69, 9.17) is 0 Å². The van der Waals surface area contributed by atoms with Crippen LogP contribution in [0.15, 0.2) is 24.3 Å². The van der Waals surface area contributed by atoms with E-state index >= 15 is 0 Å². The number of nitrogens with zero attached hydrogens (tertiary/aromatic N) is 1. The highest BCUT2D eigenvalue weighted by Gasteiger charge is 2.06. The van der Waals surface area contributed by atoms with Crippen LogP contribution in [0.2, 0.25) is 0 Å². The molecule has 17 heavy (non-hydrogen) atoms. The van der Waals surface area contributed by atoms with E-state index < -0.39 is 0 Å². The molecule has 0 bridgehead atoms. The molecule has 0 aliphatic heterocycles. The van der Waals surface area contributed by atoms with Gasteiger partial charge in [-0.3, -0.25) is 4.79 Å². The van der Waals surface area contributed by atoms with Crippen molar-refractivity contribution in [3.8, 4) is 0 Å². The molecule has 3 heteroatoms. The molecule has 0 aliphatic carbocycles. The fourth-order valence-corrected chi connectivity index (χ4v) is 1.81. The van der Waals surface area contributed by atoms with E-state index in [1.165, 1.54) is 18.4 Å². The molecule has 1 aromatic rings. The number of methoxy groups -OCH3 is 1. The Kier molecular flexibility index (Phi) is 5.53. The minimum atomic E-state index is -0.134. The lowest BCUT2D eigenvalue weighted by Gasteiger charge is -2.23. The Labute approximate surface area is 103 Å². The Hall–Kier alpha value is -1.51. The van der Waals surface area contributed by atoms with Crippen molar-refractivity contribution in [3.05, 3.63) is 29.8 Å². The molecule has 94 valence electrons. The summed E-state index contributed by atoms with van der Waals surface area (Å²) < 4.78 is 4.63. The largest absolute Gasteiger partial charge is 0.469 e. The quantitative estimate of drug-likeness (QED) is 0.710. The van der Waals surface area contributed by atoms with Crippen molar-refractivity contribution in [1.82, 2.24) is 0 Å². The highest BCUT2D eigenvalue weighted by atomic mass is 16.5. The van der Waals surface area contributed by atoms with Crippen LogP contribution in [0.25, 0.3) is 0 Å². The third-order valence-corrected chi connectivity index (χ3v) is 2.79. The second kappa shape index (κ2) is 6.94. The Morgan fingerprint density at radius 1 is 1.41 bits per heavy atom. The van der Waals surface area contributed by atoms with E-state index in [0.717, 1.165) is 19.5 Å². The summed E-state index contributed by atoms with van der Waals surface area (Å²) >= 11 is 0. The number of aryl methyl sites for hydroxylation is 1. The van der Waals surface area contributed by atoms with Crippen LogP contribution >= 0.6 is 0 Å². The van der Waals surface area contributed by atoms with Crippen molar-refractivity contribution >= 4 is 11.7 Å². The van der Waals surface area contributed by atoms with E-state index in [1.807, 2.05) is 0 Å². The molecule has 0 unspecified atom stereocenters. The van der Waals surface area contributed by atoms with Crippen molar-refractivity contribution in [2.45, 2.75) is 26.7 Å². The van der Waals surface area contributed by atoms with Gasteiger partial charge in [-0.25, -0.2) is 0 Å². The molecular weight excluding hydrogens is 214 g/mol. The number of anilines is 1. The molecule has 1 rings (SSSR count). The molecule has 0 atom stereocenters. The van der Waals surface area contributed by atoms with Gasteiger partial charge >= 0.3 is 5.97 Å². The predicted octanol–water partition coefficient (Wildman–Crippen LogP) is 2.77. The number of esters is 1. The van der Waals surface area contributed by atoms with Crippen LogP contribution in [0.1, 0.15) is 25.3 Å². The van der Waals surface area contributed by atoms with Crippen LogP contribution < -0.4 is 4.90 Å². The lowest BCUT2D eigenvalue weighted by Crippen LogP contribution is -2.24. The molecule has 0 saturated heterocycles. The molecule has 0 saturated carbocycles. The van der Waals surface area contributed by atoms with Crippen molar-refractivity contribution in [3.63, 3.8) is 0 Å². The Bertz CT molecular complexity index is 363. The van der Waals surface area contributed by atoms with E-state index in [9.17, 15) is 4.79 Å². The van der Waals surface area contributed by atoms with Gasteiger partial charge in [-0.2, -0.15) is 0 Å². The highest BCUT2D eigenvalue weighted by molar-refractivity contribution is 5.69. The maximum Gasteiger partial charge on any atom is 0.305 e. The van der Waals surface area contributed by atoms with Gasteiger partial charge in [-0.15, -0.1) is 0 Å². The van der Waals surface area contributed by atoms with Gasteiger partial charge in [-0.05, 0) is 38.0 Å². The van der Waals surface area contributed by atoms with Crippen LogP contribution in [0.5, 0.6) is 0 Å². The van der Waals surface area contributed by atoms with E-state index in [1.54, 1.807) is 0 Å². The smallest absolute Gasteiger partial charge is 0.305 e. The van der Waals surface area contributed by atoms with Gasteiger partial charge in [0.05, 0.1) is 7.11 Å².